The van der Waals surface area contributed by atoms with Gasteiger partial charge in [-0.2, -0.15) is 0 Å². The van der Waals surface area contributed by atoms with E-state index in [0.717, 1.165) is 36.6 Å². The van der Waals surface area contributed by atoms with E-state index in [0.29, 0.717) is 5.75 Å². The fourth-order valence-corrected chi connectivity index (χ4v) is 1.93. The monoisotopic (exact) mass is 271 g/mol. The Hall–Kier alpha value is -2.16. The van der Waals surface area contributed by atoms with E-state index >= 15 is 0 Å². The quantitative estimate of drug-likeness (QED) is 0.777. The Morgan fingerprint density at radius 3 is 2.75 bits per heavy atom. The van der Waals surface area contributed by atoms with Crippen LogP contribution < -0.4 is 10.1 Å². The maximum atomic E-state index is 9.50. The number of hydrogen-bond acceptors (Lipinski definition) is 3. The first-order valence-electron chi connectivity index (χ1n) is 6.94. The molecule has 106 valence electrons. The molecule has 0 aromatic heterocycles. The number of rotatable bonds is 6. The summed E-state index contributed by atoms with van der Waals surface area (Å²) in [5, 5.41) is 12.8. The number of hydrogen-bond donors (Lipinski definition) is 2. The number of anilines is 1. The lowest BCUT2D eigenvalue weighted by Crippen LogP contribution is -2.01. The molecule has 2 aromatic rings. The van der Waals surface area contributed by atoms with Crippen molar-refractivity contribution >= 4 is 5.69 Å². The van der Waals surface area contributed by atoms with E-state index < -0.39 is 0 Å². The smallest absolute Gasteiger partial charge is 0.119 e. The van der Waals surface area contributed by atoms with Crippen molar-refractivity contribution < 1.29 is 9.84 Å². The third-order valence-corrected chi connectivity index (χ3v) is 3.06. The molecule has 20 heavy (non-hydrogen) atoms. The normalized spacial score (nSPS) is 10.3. The second kappa shape index (κ2) is 6.85. The van der Waals surface area contributed by atoms with E-state index in [-0.39, 0.29) is 0 Å². The number of aryl methyl sites for hydroxylation is 1. The molecule has 0 spiro atoms. The van der Waals surface area contributed by atoms with Crippen LogP contribution in [-0.2, 0) is 6.54 Å². The average molecular weight is 271 g/mol. The summed E-state index contributed by atoms with van der Waals surface area (Å²) in [5.74, 6) is 1.23. The first-order chi connectivity index (χ1) is 9.69. The molecular weight excluding hydrogens is 250 g/mol. The van der Waals surface area contributed by atoms with Crippen LogP contribution >= 0.6 is 0 Å². The van der Waals surface area contributed by atoms with Crippen LogP contribution in [0.2, 0.25) is 0 Å². The molecule has 0 unspecified atom stereocenters. The van der Waals surface area contributed by atoms with E-state index in [9.17, 15) is 5.11 Å². The Morgan fingerprint density at radius 1 is 1.15 bits per heavy atom. The van der Waals surface area contributed by atoms with Crippen LogP contribution in [0.4, 0.5) is 5.69 Å². The Morgan fingerprint density at radius 2 is 2.00 bits per heavy atom. The van der Waals surface area contributed by atoms with Crippen LogP contribution in [0.25, 0.3) is 0 Å². The zero-order valence-electron chi connectivity index (χ0n) is 12.0. The Balaban J connectivity index is 1.97. The van der Waals surface area contributed by atoms with Crippen LogP contribution in [0.15, 0.2) is 42.5 Å². The van der Waals surface area contributed by atoms with Crippen molar-refractivity contribution in [2.24, 2.45) is 0 Å². The maximum Gasteiger partial charge on any atom is 0.119 e. The number of phenolic OH excluding ortho intramolecular Hbond substituents is 1. The van der Waals surface area contributed by atoms with Gasteiger partial charge < -0.3 is 15.2 Å². The van der Waals surface area contributed by atoms with Crippen molar-refractivity contribution in [3.63, 3.8) is 0 Å². The summed E-state index contributed by atoms with van der Waals surface area (Å²) in [4.78, 5) is 0. The van der Waals surface area contributed by atoms with E-state index in [1.54, 1.807) is 6.07 Å². The summed E-state index contributed by atoms with van der Waals surface area (Å²) in [6.07, 6.45) is 1.01. The zero-order chi connectivity index (χ0) is 14.4. The predicted octanol–water partition coefficient (Wildman–Crippen LogP) is 4.10. The molecule has 2 aromatic carbocycles. The van der Waals surface area contributed by atoms with Gasteiger partial charge in [0, 0.05) is 12.2 Å². The zero-order valence-corrected chi connectivity index (χ0v) is 12.0. The van der Waals surface area contributed by atoms with Crippen molar-refractivity contribution in [1.29, 1.82) is 0 Å². The molecule has 0 saturated carbocycles. The number of phenols is 1. The molecule has 0 aliphatic rings. The van der Waals surface area contributed by atoms with Crippen molar-refractivity contribution in [1.82, 2.24) is 0 Å². The van der Waals surface area contributed by atoms with E-state index in [2.05, 4.69) is 24.4 Å². The molecule has 0 aliphatic heterocycles. The van der Waals surface area contributed by atoms with Gasteiger partial charge in [0.2, 0.25) is 0 Å². The third-order valence-electron chi connectivity index (χ3n) is 3.06. The topological polar surface area (TPSA) is 41.5 Å². The number of benzene rings is 2. The van der Waals surface area contributed by atoms with E-state index in [4.69, 9.17) is 4.74 Å². The number of nitrogens with one attached hydrogen (secondary N) is 1. The summed E-state index contributed by atoms with van der Waals surface area (Å²) in [6.45, 7) is 5.46. The molecule has 0 fully saturated rings. The van der Waals surface area contributed by atoms with Gasteiger partial charge in [-0.15, -0.1) is 0 Å². The molecule has 0 amide bonds. The largest absolute Gasteiger partial charge is 0.508 e. The van der Waals surface area contributed by atoms with Gasteiger partial charge in [-0.25, -0.2) is 0 Å². The van der Waals surface area contributed by atoms with Crippen LogP contribution in [-0.4, -0.2) is 11.7 Å². The molecule has 0 saturated heterocycles. The highest BCUT2D eigenvalue weighted by Crippen LogP contribution is 2.21. The van der Waals surface area contributed by atoms with E-state index in [1.807, 2.05) is 31.2 Å². The van der Waals surface area contributed by atoms with Gasteiger partial charge in [-0.05, 0) is 54.8 Å². The SMILES string of the molecule is CCCOc1cccc(CNc2ccc(O)c(C)c2)c1. The molecule has 2 rings (SSSR count). The Labute approximate surface area is 120 Å². The molecule has 2 N–H and O–H groups in total. The fourth-order valence-electron chi connectivity index (χ4n) is 1.93. The molecule has 0 atom stereocenters. The van der Waals surface area contributed by atoms with Gasteiger partial charge in [0.15, 0.2) is 0 Å². The Kier molecular flexibility index (Phi) is 4.88. The molecule has 3 heteroatoms. The van der Waals surface area contributed by atoms with Crippen molar-refractivity contribution in [3.05, 3.63) is 53.6 Å². The summed E-state index contributed by atoms with van der Waals surface area (Å²) < 4.78 is 5.62. The highest BCUT2D eigenvalue weighted by Gasteiger charge is 2.00. The lowest BCUT2D eigenvalue weighted by molar-refractivity contribution is 0.317. The average Bonchev–Trinajstić information content (AvgIpc) is 2.47. The summed E-state index contributed by atoms with van der Waals surface area (Å²) >= 11 is 0. The number of aromatic hydroxyl groups is 1. The minimum atomic E-state index is 0.325. The third kappa shape index (κ3) is 3.92. The predicted molar refractivity (Wildman–Crippen MR) is 82.4 cm³/mol. The molecule has 0 heterocycles. The maximum absolute atomic E-state index is 9.50. The van der Waals surface area contributed by atoms with Gasteiger partial charge in [-0.3, -0.25) is 0 Å². The second-order valence-electron chi connectivity index (χ2n) is 4.85. The van der Waals surface area contributed by atoms with Crippen LogP contribution in [0.3, 0.4) is 0 Å². The first kappa shape index (κ1) is 14.3. The Bertz CT molecular complexity index is 567. The second-order valence-corrected chi connectivity index (χ2v) is 4.85. The molecular formula is C17H21NO2. The standard InChI is InChI=1S/C17H21NO2/c1-3-9-20-16-6-4-5-14(11-16)12-18-15-7-8-17(19)13(2)10-15/h4-8,10-11,18-19H,3,9,12H2,1-2H3. The molecule has 0 bridgehead atoms. The van der Waals surface area contributed by atoms with Gasteiger partial charge in [0.25, 0.3) is 0 Å². The van der Waals surface area contributed by atoms with Crippen molar-refractivity contribution in [3.8, 4) is 11.5 Å². The van der Waals surface area contributed by atoms with Crippen molar-refractivity contribution in [2.45, 2.75) is 26.8 Å². The van der Waals surface area contributed by atoms with Gasteiger partial charge in [0.1, 0.15) is 11.5 Å². The lowest BCUT2D eigenvalue weighted by atomic mass is 10.2. The molecule has 0 aliphatic carbocycles. The molecule has 3 nitrogen and oxygen atoms in total. The van der Waals surface area contributed by atoms with Crippen LogP contribution in [0, 0.1) is 6.92 Å². The minimum Gasteiger partial charge on any atom is -0.508 e. The van der Waals surface area contributed by atoms with Crippen LogP contribution in [0.5, 0.6) is 11.5 Å². The van der Waals surface area contributed by atoms with Gasteiger partial charge >= 0.3 is 0 Å². The highest BCUT2D eigenvalue weighted by atomic mass is 16.5. The first-order valence-corrected chi connectivity index (χ1v) is 6.94. The van der Waals surface area contributed by atoms with Crippen molar-refractivity contribution in [2.75, 3.05) is 11.9 Å². The summed E-state index contributed by atoms with van der Waals surface area (Å²) in [6, 6.07) is 13.6. The van der Waals surface area contributed by atoms with E-state index in [1.165, 1.54) is 5.56 Å². The lowest BCUT2D eigenvalue weighted by Gasteiger charge is -2.10. The fraction of sp³-hybridized carbons (Fsp3) is 0.294. The number of ether oxygens (including phenoxy) is 1. The van der Waals surface area contributed by atoms with Gasteiger partial charge in [-0.1, -0.05) is 19.1 Å². The molecule has 0 radical (unpaired) electrons. The minimum absolute atomic E-state index is 0.325. The van der Waals surface area contributed by atoms with Gasteiger partial charge in [0.05, 0.1) is 6.61 Å². The summed E-state index contributed by atoms with van der Waals surface area (Å²) in [5.41, 5.74) is 3.04. The van der Waals surface area contributed by atoms with Crippen LogP contribution in [0.1, 0.15) is 24.5 Å². The summed E-state index contributed by atoms with van der Waals surface area (Å²) in [7, 11) is 0. The highest BCUT2D eigenvalue weighted by molar-refractivity contribution is 5.50.